The molecule has 8 heavy (non-hydrogen) atoms. The molecule has 0 spiro atoms. The summed E-state index contributed by atoms with van der Waals surface area (Å²) < 4.78 is 0. The molecule has 0 aromatic rings. The average Bonchev–Trinajstić information content (AvgIpc) is 1.76. The Morgan fingerprint density at radius 1 is 1.25 bits per heavy atom. The fraction of sp³-hybridized carbons (Fsp3) is 0.143. The summed E-state index contributed by atoms with van der Waals surface area (Å²) in [7, 11) is 0. The SMILES string of the molecule is [C-]1=CC=CC1.[CH3-].[CH3-].[V]. The van der Waals surface area contributed by atoms with Crippen molar-refractivity contribution in [1.29, 1.82) is 0 Å². The Balaban J connectivity index is -0.0000000833. The Bertz CT molecular complexity index is 62.5. The van der Waals surface area contributed by atoms with Crippen molar-refractivity contribution >= 4 is 0 Å². The molecule has 0 unspecified atom stereocenters. The first-order valence-corrected chi connectivity index (χ1v) is 1.72. The van der Waals surface area contributed by atoms with E-state index >= 15 is 0 Å². The monoisotopic (exact) mass is 146 g/mol. The quantitative estimate of drug-likeness (QED) is 0.459. The van der Waals surface area contributed by atoms with E-state index < -0.39 is 0 Å². The van der Waals surface area contributed by atoms with E-state index in [9.17, 15) is 0 Å². The molecule has 47 valence electrons. The Hall–Kier alpha value is 0.0644. The fourth-order valence-corrected chi connectivity index (χ4v) is 0.340. The third-order valence-corrected chi connectivity index (χ3v) is 0.586. The van der Waals surface area contributed by atoms with Crippen molar-refractivity contribution in [2.75, 3.05) is 0 Å². The molecular formula is C7H11V-3. The third-order valence-electron chi connectivity index (χ3n) is 0.586. The smallest absolute Gasteiger partial charge is 0 e. The Labute approximate surface area is 64.6 Å². The summed E-state index contributed by atoms with van der Waals surface area (Å²) in [4.78, 5) is 0. The van der Waals surface area contributed by atoms with Crippen molar-refractivity contribution in [3.8, 4) is 0 Å². The molecule has 1 aliphatic carbocycles. The van der Waals surface area contributed by atoms with Crippen LogP contribution >= 0.6 is 0 Å². The summed E-state index contributed by atoms with van der Waals surface area (Å²) in [6, 6.07) is 0. The van der Waals surface area contributed by atoms with Gasteiger partial charge in [0.15, 0.2) is 0 Å². The molecule has 1 radical (unpaired) electrons. The molecule has 1 rings (SSSR count). The van der Waals surface area contributed by atoms with Crippen molar-refractivity contribution in [3.63, 3.8) is 0 Å². The second-order valence-electron chi connectivity index (χ2n) is 1.00. The van der Waals surface area contributed by atoms with E-state index in [1.165, 1.54) is 0 Å². The fourth-order valence-electron chi connectivity index (χ4n) is 0.340. The van der Waals surface area contributed by atoms with Gasteiger partial charge in [0.25, 0.3) is 0 Å². The maximum atomic E-state index is 2.99. The van der Waals surface area contributed by atoms with Crippen molar-refractivity contribution in [1.82, 2.24) is 0 Å². The molecule has 0 amide bonds. The minimum absolute atomic E-state index is 0. The zero-order chi connectivity index (χ0) is 3.54. The van der Waals surface area contributed by atoms with Crippen molar-refractivity contribution in [2.24, 2.45) is 0 Å². The van der Waals surface area contributed by atoms with Gasteiger partial charge in [-0.2, -0.15) is 6.08 Å². The third kappa shape index (κ3) is 6.06. The van der Waals surface area contributed by atoms with Crippen molar-refractivity contribution in [3.05, 3.63) is 39.2 Å². The molecule has 0 aromatic carbocycles. The zero-order valence-electron chi connectivity index (χ0n) is 5.39. The van der Waals surface area contributed by atoms with Crippen LogP contribution in [-0.2, 0) is 18.6 Å². The van der Waals surface area contributed by atoms with Gasteiger partial charge in [0.2, 0.25) is 0 Å². The van der Waals surface area contributed by atoms with E-state index in [0.29, 0.717) is 0 Å². The first-order valence-electron chi connectivity index (χ1n) is 1.72. The first-order chi connectivity index (χ1) is 2.50. The maximum Gasteiger partial charge on any atom is 0 e. The molecule has 0 aliphatic heterocycles. The summed E-state index contributed by atoms with van der Waals surface area (Å²) >= 11 is 0. The zero-order valence-corrected chi connectivity index (χ0v) is 6.78. The van der Waals surface area contributed by atoms with Gasteiger partial charge in [-0.15, -0.1) is 6.42 Å². The van der Waals surface area contributed by atoms with E-state index in [-0.39, 0.29) is 33.4 Å². The Morgan fingerprint density at radius 3 is 2.00 bits per heavy atom. The predicted molar refractivity (Wildman–Crippen MR) is 34.4 cm³/mol. The summed E-state index contributed by atoms with van der Waals surface area (Å²) in [5, 5.41) is 0. The Kier molecular flexibility index (Phi) is 19.9. The van der Waals surface area contributed by atoms with Gasteiger partial charge in [-0.1, -0.05) is 0 Å². The molecule has 0 aromatic heterocycles. The topological polar surface area (TPSA) is 0 Å². The molecule has 0 heterocycles. The normalized spacial score (nSPS) is 11.0. The van der Waals surface area contributed by atoms with Crippen LogP contribution in [0.25, 0.3) is 0 Å². The summed E-state index contributed by atoms with van der Waals surface area (Å²) in [5.41, 5.74) is 0. The van der Waals surface area contributed by atoms with Gasteiger partial charge in [0, 0.05) is 18.6 Å². The number of rotatable bonds is 0. The van der Waals surface area contributed by atoms with Gasteiger partial charge < -0.3 is 14.9 Å². The van der Waals surface area contributed by atoms with E-state index in [0.717, 1.165) is 6.42 Å². The van der Waals surface area contributed by atoms with Crippen LogP contribution in [0.4, 0.5) is 0 Å². The van der Waals surface area contributed by atoms with Crippen LogP contribution in [0.2, 0.25) is 0 Å². The summed E-state index contributed by atoms with van der Waals surface area (Å²) in [6.07, 6.45) is 10.0. The summed E-state index contributed by atoms with van der Waals surface area (Å²) in [5.74, 6) is 0. The largest absolute Gasteiger partial charge is 0.358 e. The number of allylic oxidation sites excluding steroid dienone is 4. The Morgan fingerprint density at radius 2 is 1.88 bits per heavy atom. The van der Waals surface area contributed by atoms with Gasteiger partial charge in [-0.05, 0) is 0 Å². The molecule has 0 fully saturated rings. The molecular weight excluding hydrogens is 135 g/mol. The first kappa shape index (κ1) is 15.7. The average molecular weight is 146 g/mol. The molecule has 0 saturated heterocycles. The molecule has 0 bridgehead atoms. The van der Waals surface area contributed by atoms with Gasteiger partial charge in [0.05, 0.1) is 0 Å². The van der Waals surface area contributed by atoms with Gasteiger partial charge in [-0.25, -0.2) is 12.2 Å². The van der Waals surface area contributed by atoms with E-state index in [1.807, 2.05) is 12.2 Å². The van der Waals surface area contributed by atoms with E-state index in [1.54, 1.807) is 0 Å². The second kappa shape index (κ2) is 10.1. The van der Waals surface area contributed by atoms with Crippen LogP contribution in [0, 0.1) is 20.9 Å². The standard InChI is InChI=1S/C5H5.2CH3.V/c1-2-4-5-3-1;;;/h1-3H,4H2;2*1H3;/q3*-1;. The van der Waals surface area contributed by atoms with E-state index in [4.69, 9.17) is 0 Å². The molecule has 0 atom stereocenters. The molecule has 0 saturated carbocycles. The van der Waals surface area contributed by atoms with Gasteiger partial charge in [-0.3, -0.25) is 6.08 Å². The van der Waals surface area contributed by atoms with Crippen molar-refractivity contribution < 1.29 is 18.6 Å². The van der Waals surface area contributed by atoms with Crippen molar-refractivity contribution in [2.45, 2.75) is 6.42 Å². The van der Waals surface area contributed by atoms with Crippen LogP contribution in [0.1, 0.15) is 6.42 Å². The van der Waals surface area contributed by atoms with Crippen LogP contribution in [0.5, 0.6) is 0 Å². The van der Waals surface area contributed by atoms with Gasteiger partial charge in [0.1, 0.15) is 0 Å². The number of hydrogen-bond donors (Lipinski definition) is 0. The van der Waals surface area contributed by atoms with Crippen LogP contribution in [0.3, 0.4) is 0 Å². The van der Waals surface area contributed by atoms with Crippen LogP contribution in [-0.4, -0.2) is 0 Å². The predicted octanol–water partition coefficient (Wildman–Crippen LogP) is 2.20. The second-order valence-corrected chi connectivity index (χ2v) is 1.00. The van der Waals surface area contributed by atoms with E-state index in [2.05, 4.69) is 12.2 Å². The van der Waals surface area contributed by atoms with Crippen LogP contribution in [0.15, 0.2) is 18.2 Å². The molecule has 0 nitrogen and oxygen atoms in total. The minimum Gasteiger partial charge on any atom is -0.358 e. The summed E-state index contributed by atoms with van der Waals surface area (Å²) in [6.45, 7) is 0. The van der Waals surface area contributed by atoms with Gasteiger partial charge >= 0.3 is 0 Å². The molecule has 0 N–H and O–H groups in total. The molecule has 1 heteroatoms. The maximum absolute atomic E-state index is 2.99. The minimum atomic E-state index is 0. The molecule has 1 aliphatic rings. The van der Waals surface area contributed by atoms with Crippen LogP contribution < -0.4 is 0 Å². The number of hydrogen-bond acceptors (Lipinski definition) is 0.